The first-order chi connectivity index (χ1) is 11.3. The van der Waals surface area contributed by atoms with Crippen LogP contribution in [0.3, 0.4) is 0 Å². The average Bonchev–Trinajstić information content (AvgIpc) is 2.74. The molecule has 2 heterocycles. The Hall–Kier alpha value is -1.59. The quantitative estimate of drug-likeness (QED) is 0.833. The van der Waals surface area contributed by atoms with Crippen LogP contribution in [0.4, 0.5) is 0 Å². The summed E-state index contributed by atoms with van der Waals surface area (Å²) in [6, 6.07) is 5.01. The normalized spacial score (nSPS) is 27.5. The molecule has 2 aliphatic rings. The van der Waals surface area contributed by atoms with E-state index >= 15 is 0 Å². The van der Waals surface area contributed by atoms with Gasteiger partial charge in [-0.15, -0.1) is 0 Å². The Bertz CT molecular complexity index is 722. The van der Waals surface area contributed by atoms with Gasteiger partial charge in [0.05, 0.1) is 15.5 Å². The first-order valence-corrected chi connectivity index (χ1v) is 8.64. The van der Waals surface area contributed by atoms with E-state index in [1.54, 1.807) is 25.1 Å². The number of carbonyl (C=O) groups is 3. The number of amides is 3. The molecule has 3 rings (SSSR count). The van der Waals surface area contributed by atoms with Gasteiger partial charge in [0.1, 0.15) is 0 Å². The molecule has 2 saturated heterocycles. The Morgan fingerprint density at radius 2 is 2.00 bits per heavy atom. The third-order valence-electron chi connectivity index (χ3n) is 4.87. The monoisotopic (exact) mass is 368 g/mol. The fraction of sp³-hybridized carbons (Fsp3) is 0.471. The zero-order valence-corrected chi connectivity index (χ0v) is 14.8. The van der Waals surface area contributed by atoms with Crippen molar-refractivity contribution in [2.24, 2.45) is 5.92 Å². The maximum atomic E-state index is 12.9. The lowest BCUT2D eigenvalue weighted by Gasteiger charge is -2.27. The van der Waals surface area contributed by atoms with Crippen LogP contribution in [-0.4, -0.2) is 35.7 Å². The third-order valence-corrected chi connectivity index (χ3v) is 5.61. The summed E-state index contributed by atoms with van der Waals surface area (Å²) in [7, 11) is 0. The van der Waals surface area contributed by atoms with Crippen molar-refractivity contribution in [1.82, 2.24) is 10.2 Å². The molecule has 0 saturated carbocycles. The van der Waals surface area contributed by atoms with E-state index in [9.17, 15) is 14.4 Å². The second kappa shape index (κ2) is 6.37. The molecule has 2 fully saturated rings. The van der Waals surface area contributed by atoms with Crippen LogP contribution >= 0.6 is 23.2 Å². The van der Waals surface area contributed by atoms with Crippen molar-refractivity contribution in [3.05, 3.63) is 33.8 Å². The van der Waals surface area contributed by atoms with Gasteiger partial charge in [-0.1, -0.05) is 29.3 Å². The fourth-order valence-electron chi connectivity index (χ4n) is 3.40. The van der Waals surface area contributed by atoms with E-state index in [0.29, 0.717) is 35.1 Å². The molecule has 7 heteroatoms. The predicted molar refractivity (Wildman–Crippen MR) is 90.9 cm³/mol. The molecule has 128 valence electrons. The largest absolute Gasteiger partial charge is 0.356 e. The second-order valence-corrected chi connectivity index (χ2v) is 7.47. The zero-order chi connectivity index (χ0) is 17.5. The van der Waals surface area contributed by atoms with Crippen LogP contribution in [0.2, 0.25) is 10.0 Å². The first-order valence-electron chi connectivity index (χ1n) is 7.88. The Morgan fingerprint density at radius 1 is 1.25 bits per heavy atom. The summed E-state index contributed by atoms with van der Waals surface area (Å²) in [4.78, 5) is 38.1. The van der Waals surface area contributed by atoms with E-state index in [4.69, 9.17) is 23.2 Å². The minimum atomic E-state index is -0.942. The lowest BCUT2D eigenvalue weighted by molar-refractivity contribution is -0.141. The summed E-state index contributed by atoms with van der Waals surface area (Å²) in [5, 5.41) is 3.53. The van der Waals surface area contributed by atoms with E-state index < -0.39 is 5.41 Å². The van der Waals surface area contributed by atoms with Gasteiger partial charge in [-0.25, -0.2) is 0 Å². The molecule has 2 unspecified atom stereocenters. The smallest absolute Gasteiger partial charge is 0.240 e. The van der Waals surface area contributed by atoms with Gasteiger partial charge in [-0.05, 0) is 37.0 Å². The molecule has 0 aromatic heterocycles. The highest BCUT2D eigenvalue weighted by Crippen LogP contribution is 2.39. The van der Waals surface area contributed by atoms with Crippen molar-refractivity contribution >= 4 is 40.9 Å². The molecule has 0 bridgehead atoms. The van der Waals surface area contributed by atoms with Crippen LogP contribution in [-0.2, 0) is 19.8 Å². The molecule has 1 N–H and O–H groups in total. The van der Waals surface area contributed by atoms with E-state index in [1.165, 1.54) is 4.90 Å². The van der Waals surface area contributed by atoms with E-state index in [1.807, 2.05) is 0 Å². The first kappa shape index (κ1) is 17.2. The molecular formula is C17H18Cl2N2O3. The van der Waals surface area contributed by atoms with Gasteiger partial charge in [0.2, 0.25) is 17.7 Å². The Labute approximate surface area is 150 Å². The van der Waals surface area contributed by atoms with Crippen LogP contribution in [0.15, 0.2) is 18.2 Å². The standard InChI is InChI=1S/C17H18Cl2N2O3/c1-17(11-2-3-12(18)13(19)7-11)8-15(23)21(16(17)24)9-10-4-5-20-14(22)6-10/h2-3,7,10H,4-6,8-9H2,1H3,(H,20,22). The maximum Gasteiger partial charge on any atom is 0.240 e. The SMILES string of the molecule is CC1(c2ccc(Cl)c(Cl)c2)CC(=O)N(CC2CCNC(=O)C2)C1=O. The maximum absolute atomic E-state index is 12.9. The van der Waals surface area contributed by atoms with Crippen LogP contribution in [0.1, 0.15) is 31.7 Å². The molecule has 0 aliphatic carbocycles. The predicted octanol–water partition coefficient (Wildman–Crippen LogP) is 2.54. The van der Waals surface area contributed by atoms with Crippen molar-refractivity contribution in [2.45, 2.75) is 31.6 Å². The van der Waals surface area contributed by atoms with Crippen molar-refractivity contribution in [3.63, 3.8) is 0 Å². The highest BCUT2D eigenvalue weighted by atomic mass is 35.5. The summed E-state index contributed by atoms with van der Waals surface area (Å²) in [5.41, 5.74) is -0.262. The number of nitrogens with zero attached hydrogens (tertiary/aromatic N) is 1. The average molecular weight is 369 g/mol. The summed E-state index contributed by atoms with van der Waals surface area (Å²) < 4.78 is 0. The summed E-state index contributed by atoms with van der Waals surface area (Å²) in [6.07, 6.45) is 1.22. The van der Waals surface area contributed by atoms with Crippen molar-refractivity contribution in [3.8, 4) is 0 Å². The summed E-state index contributed by atoms with van der Waals surface area (Å²) >= 11 is 12.0. The summed E-state index contributed by atoms with van der Waals surface area (Å²) in [5.74, 6) is -0.461. The Kier molecular flexibility index (Phi) is 4.58. The minimum Gasteiger partial charge on any atom is -0.356 e. The van der Waals surface area contributed by atoms with Crippen LogP contribution in [0.25, 0.3) is 0 Å². The number of rotatable bonds is 3. The number of hydrogen-bond donors (Lipinski definition) is 1. The number of piperidine rings is 1. The van der Waals surface area contributed by atoms with Gasteiger partial charge in [-0.2, -0.15) is 0 Å². The topological polar surface area (TPSA) is 66.5 Å². The van der Waals surface area contributed by atoms with Gasteiger partial charge < -0.3 is 5.32 Å². The van der Waals surface area contributed by atoms with Gasteiger partial charge in [-0.3, -0.25) is 19.3 Å². The third kappa shape index (κ3) is 3.03. The van der Waals surface area contributed by atoms with Crippen LogP contribution < -0.4 is 5.32 Å². The minimum absolute atomic E-state index is 0.0165. The van der Waals surface area contributed by atoms with Gasteiger partial charge in [0.15, 0.2) is 0 Å². The van der Waals surface area contributed by atoms with Crippen molar-refractivity contribution < 1.29 is 14.4 Å². The molecule has 1 aromatic rings. The molecule has 2 aliphatic heterocycles. The second-order valence-electron chi connectivity index (χ2n) is 6.66. The van der Waals surface area contributed by atoms with Gasteiger partial charge in [0, 0.05) is 25.9 Å². The van der Waals surface area contributed by atoms with Gasteiger partial charge >= 0.3 is 0 Å². The molecule has 24 heavy (non-hydrogen) atoms. The Balaban J connectivity index is 1.82. The van der Waals surface area contributed by atoms with Crippen LogP contribution in [0, 0.1) is 5.92 Å². The van der Waals surface area contributed by atoms with E-state index in [2.05, 4.69) is 5.32 Å². The highest BCUT2D eigenvalue weighted by molar-refractivity contribution is 6.42. The lowest BCUT2D eigenvalue weighted by Crippen LogP contribution is -2.43. The number of likely N-dealkylation sites (tertiary alicyclic amines) is 1. The Morgan fingerprint density at radius 3 is 2.67 bits per heavy atom. The molecule has 1 aromatic carbocycles. The van der Waals surface area contributed by atoms with Gasteiger partial charge in [0.25, 0.3) is 0 Å². The molecular weight excluding hydrogens is 351 g/mol. The zero-order valence-electron chi connectivity index (χ0n) is 13.3. The number of hydrogen-bond acceptors (Lipinski definition) is 3. The molecule has 0 radical (unpaired) electrons. The molecule has 0 spiro atoms. The highest BCUT2D eigenvalue weighted by Gasteiger charge is 2.49. The van der Waals surface area contributed by atoms with Crippen molar-refractivity contribution in [1.29, 1.82) is 0 Å². The van der Waals surface area contributed by atoms with Crippen LogP contribution in [0.5, 0.6) is 0 Å². The molecule has 5 nitrogen and oxygen atoms in total. The number of carbonyl (C=O) groups excluding carboxylic acids is 3. The van der Waals surface area contributed by atoms with E-state index in [0.717, 1.165) is 6.42 Å². The number of halogens is 2. The summed E-state index contributed by atoms with van der Waals surface area (Å²) in [6.45, 7) is 2.63. The number of imide groups is 1. The molecule has 2 atom stereocenters. The number of benzene rings is 1. The van der Waals surface area contributed by atoms with Crippen molar-refractivity contribution in [2.75, 3.05) is 13.1 Å². The fourth-order valence-corrected chi connectivity index (χ4v) is 3.70. The van der Waals surface area contributed by atoms with E-state index in [-0.39, 0.29) is 30.1 Å². The molecule has 3 amide bonds. The number of nitrogens with one attached hydrogen (secondary N) is 1. The lowest BCUT2D eigenvalue weighted by atomic mass is 9.81.